The first-order chi connectivity index (χ1) is 7.82. The summed E-state index contributed by atoms with van der Waals surface area (Å²) in [6.07, 6.45) is 0. The van der Waals surface area contributed by atoms with Crippen LogP contribution in [-0.4, -0.2) is 23.3 Å². The van der Waals surface area contributed by atoms with Crippen LogP contribution in [0, 0.1) is 5.82 Å². The molecule has 4 nitrogen and oxygen atoms in total. The number of hydrogen-bond acceptors (Lipinski definition) is 3. The predicted octanol–water partition coefficient (Wildman–Crippen LogP) is 2.84. The Balaban J connectivity index is 2.61. The van der Waals surface area contributed by atoms with Crippen molar-refractivity contribution in [2.45, 2.75) is 19.4 Å². The van der Waals surface area contributed by atoms with Crippen molar-refractivity contribution in [2.75, 3.05) is 6.61 Å². The first-order valence-electron chi connectivity index (χ1n) is 4.89. The fraction of sp³-hybridized carbons (Fsp3) is 0.364. The molecule has 6 heteroatoms. The van der Waals surface area contributed by atoms with Gasteiger partial charge in [-0.15, -0.1) is 0 Å². The molecule has 0 unspecified atom stereocenters. The van der Waals surface area contributed by atoms with Crippen LogP contribution in [0.15, 0.2) is 10.5 Å². The van der Waals surface area contributed by atoms with Crippen molar-refractivity contribution in [3.63, 3.8) is 0 Å². The number of carboxylic acids is 1. The molecular formula is C11H10BrFO4. The standard InChI is InChI=1S/C11H10BrFO4/c1-11(2)4-16-6-3-5(12)7(10(14)15)8(13)9(6)17-11/h3H,4H2,1-2H3,(H,14,15). The van der Waals surface area contributed by atoms with E-state index in [9.17, 15) is 9.18 Å². The molecule has 2 rings (SSSR count). The van der Waals surface area contributed by atoms with Crippen LogP contribution in [0.3, 0.4) is 0 Å². The lowest BCUT2D eigenvalue weighted by molar-refractivity contribution is 0.0165. The zero-order chi connectivity index (χ0) is 12.8. The summed E-state index contributed by atoms with van der Waals surface area (Å²) < 4.78 is 24.9. The van der Waals surface area contributed by atoms with Crippen molar-refractivity contribution in [1.82, 2.24) is 0 Å². The van der Waals surface area contributed by atoms with Gasteiger partial charge in [0.25, 0.3) is 0 Å². The number of hydrogen-bond donors (Lipinski definition) is 1. The molecule has 0 atom stereocenters. The number of fused-ring (bicyclic) bond motifs is 1. The van der Waals surface area contributed by atoms with E-state index in [1.54, 1.807) is 13.8 Å². The third-order valence-corrected chi connectivity index (χ3v) is 2.93. The van der Waals surface area contributed by atoms with Crippen LogP contribution in [0.5, 0.6) is 11.5 Å². The van der Waals surface area contributed by atoms with Crippen LogP contribution in [0.25, 0.3) is 0 Å². The van der Waals surface area contributed by atoms with E-state index in [4.69, 9.17) is 14.6 Å². The summed E-state index contributed by atoms with van der Waals surface area (Å²) >= 11 is 3.00. The van der Waals surface area contributed by atoms with E-state index >= 15 is 0 Å². The lowest BCUT2D eigenvalue weighted by Crippen LogP contribution is -2.39. The topological polar surface area (TPSA) is 55.8 Å². The molecule has 0 amide bonds. The lowest BCUT2D eigenvalue weighted by atomic mass is 10.1. The summed E-state index contributed by atoms with van der Waals surface area (Å²) in [5.74, 6) is -2.22. The van der Waals surface area contributed by atoms with Gasteiger partial charge in [0.1, 0.15) is 17.8 Å². The Bertz CT molecular complexity index is 499. The highest BCUT2D eigenvalue weighted by atomic mass is 79.9. The normalized spacial score (nSPS) is 16.7. The van der Waals surface area contributed by atoms with Gasteiger partial charge in [-0.25, -0.2) is 9.18 Å². The average Bonchev–Trinajstić information content (AvgIpc) is 2.18. The van der Waals surface area contributed by atoms with Gasteiger partial charge in [-0.05, 0) is 35.8 Å². The van der Waals surface area contributed by atoms with Crippen molar-refractivity contribution in [1.29, 1.82) is 0 Å². The molecule has 0 radical (unpaired) electrons. The van der Waals surface area contributed by atoms with E-state index in [1.165, 1.54) is 6.07 Å². The highest BCUT2D eigenvalue weighted by Crippen LogP contribution is 2.41. The molecule has 0 saturated carbocycles. The zero-order valence-corrected chi connectivity index (χ0v) is 10.8. The molecule has 0 bridgehead atoms. The Labute approximate surface area is 105 Å². The van der Waals surface area contributed by atoms with E-state index in [2.05, 4.69) is 15.9 Å². The van der Waals surface area contributed by atoms with Crippen LogP contribution < -0.4 is 9.47 Å². The minimum atomic E-state index is -1.36. The van der Waals surface area contributed by atoms with Gasteiger partial charge in [0, 0.05) is 4.47 Å². The van der Waals surface area contributed by atoms with E-state index in [0.29, 0.717) is 0 Å². The fourth-order valence-electron chi connectivity index (χ4n) is 1.54. The van der Waals surface area contributed by atoms with E-state index < -0.39 is 23.0 Å². The quantitative estimate of drug-likeness (QED) is 0.867. The van der Waals surface area contributed by atoms with Crippen LogP contribution in [0.1, 0.15) is 24.2 Å². The van der Waals surface area contributed by atoms with Crippen LogP contribution in [0.2, 0.25) is 0 Å². The van der Waals surface area contributed by atoms with Gasteiger partial charge in [0.2, 0.25) is 0 Å². The molecule has 0 aromatic heterocycles. The molecule has 92 valence electrons. The maximum absolute atomic E-state index is 14.0. The summed E-state index contributed by atoms with van der Waals surface area (Å²) in [6, 6.07) is 1.40. The molecule has 1 N–H and O–H groups in total. The maximum Gasteiger partial charge on any atom is 0.340 e. The number of carboxylic acid groups (broad SMARTS) is 1. The Morgan fingerprint density at radius 1 is 1.59 bits per heavy atom. The largest absolute Gasteiger partial charge is 0.485 e. The molecule has 0 spiro atoms. The first kappa shape index (κ1) is 12.2. The monoisotopic (exact) mass is 304 g/mol. The Hall–Kier alpha value is -1.30. The molecule has 0 fully saturated rings. The number of benzene rings is 1. The second-order valence-corrected chi connectivity index (χ2v) is 5.18. The van der Waals surface area contributed by atoms with Crippen LogP contribution in [-0.2, 0) is 0 Å². The molecule has 17 heavy (non-hydrogen) atoms. The number of carbonyl (C=O) groups is 1. The molecule has 0 aliphatic carbocycles. The van der Waals surface area contributed by atoms with Crippen molar-refractivity contribution in [3.05, 3.63) is 21.9 Å². The van der Waals surface area contributed by atoms with E-state index in [1.807, 2.05) is 0 Å². The molecule has 1 heterocycles. The Morgan fingerprint density at radius 3 is 2.82 bits per heavy atom. The highest BCUT2D eigenvalue weighted by molar-refractivity contribution is 9.10. The second kappa shape index (κ2) is 3.87. The van der Waals surface area contributed by atoms with Crippen molar-refractivity contribution < 1.29 is 23.8 Å². The van der Waals surface area contributed by atoms with Gasteiger partial charge in [-0.2, -0.15) is 0 Å². The van der Waals surface area contributed by atoms with Gasteiger partial charge >= 0.3 is 5.97 Å². The summed E-state index contributed by atoms with van der Waals surface area (Å²) in [5, 5.41) is 8.91. The Morgan fingerprint density at radius 2 is 2.24 bits per heavy atom. The minimum Gasteiger partial charge on any atom is -0.485 e. The average molecular weight is 305 g/mol. The predicted molar refractivity (Wildman–Crippen MR) is 61.3 cm³/mol. The number of ether oxygens (including phenoxy) is 2. The Kier molecular flexibility index (Phi) is 2.77. The maximum atomic E-state index is 14.0. The fourth-order valence-corrected chi connectivity index (χ4v) is 2.09. The van der Waals surface area contributed by atoms with Crippen molar-refractivity contribution in [2.24, 2.45) is 0 Å². The molecule has 1 aromatic carbocycles. The van der Waals surface area contributed by atoms with E-state index in [0.717, 1.165) is 0 Å². The van der Waals surface area contributed by atoms with Gasteiger partial charge in [0.05, 0.1) is 0 Å². The first-order valence-corrected chi connectivity index (χ1v) is 5.68. The number of rotatable bonds is 1. The summed E-state index contributed by atoms with van der Waals surface area (Å²) in [5.41, 5.74) is -1.14. The second-order valence-electron chi connectivity index (χ2n) is 4.33. The molecule has 1 aliphatic rings. The molecule has 1 aliphatic heterocycles. The molecular weight excluding hydrogens is 295 g/mol. The molecule has 0 saturated heterocycles. The SMILES string of the molecule is CC1(C)COc2cc(Br)c(C(=O)O)c(F)c2O1. The molecule has 1 aromatic rings. The van der Waals surface area contributed by atoms with Gasteiger partial charge in [-0.1, -0.05) is 0 Å². The number of halogens is 2. The minimum absolute atomic E-state index is 0.129. The van der Waals surface area contributed by atoms with Gasteiger partial charge < -0.3 is 14.6 Å². The third kappa shape index (κ3) is 2.09. The zero-order valence-electron chi connectivity index (χ0n) is 9.21. The highest BCUT2D eigenvalue weighted by Gasteiger charge is 2.33. The van der Waals surface area contributed by atoms with Gasteiger partial charge in [0.15, 0.2) is 17.3 Å². The summed E-state index contributed by atoms with van der Waals surface area (Å²) in [6.45, 7) is 3.74. The van der Waals surface area contributed by atoms with Crippen molar-refractivity contribution in [3.8, 4) is 11.5 Å². The summed E-state index contributed by atoms with van der Waals surface area (Å²) in [4.78, 5) is 10.9. The van der Waals surface area contributed by atoms with Crippen LogP contribution in [0.4, 0.5) is 4.39 Å². The van der Waals surface area contributed by atoms with E-state index in [-0.39, 0.29) is 22.6 Å². The van der Waals surface area contributed by atoms with Gasteiger partial charge in [-0.3, -0.25) is 0 Å². The summed E-state index contributed by atoms with van der Waals surface area (Å²) in [7, 11) is 0. The van der Waals surface area contributed by atoms with Crippen LogP contribution >= 0.6 is 15.9 Å². The third-order valence-electron chi connectivity index (χ3n) is 2.31. The smallest absolute Gasteiger partial charge is 0.340 e. The number of aromatic carboxylic acids is 1. The lowest BCUT2D eigenvalue weighted by Gasteiger charge is -2.33. The van der Waals surface area contributed by atoms with Crippen molar-refractivity contribution >= 4 is 21.9 Å².